The monoisotopic (exact) mass is 704 g/mol. The predicted octanol–water partition coefficient (Wildman–Crippen LogP) is 7.39. The lowest BCUT2D eigenvalue weighted by Gasteiger charge is -2.47. The summed E-state index contributed by atoms with van der Waals surface area (Å²) in [5, 5.41) is 4.70. The zero-order chi connectivity index (χ0) is 36.6. The average Bonchev–Trinajstić information content (AvgIpc) is 3.26. The number of carbonyl (C=O) groups excluding carboxylic acids is 2. The first kappa shape index (κ1) is 29.3. The Kier molecular flexibility index (Phi) is 5.23. The molecule has 2 nitrogen and oxygen atoms in total. The van der Waals surface area contributed by atoms with Gasteiger partial charge < -0.3 is 0 Å². The number of hydrogen-bond acceptors (Lipinski definition) is 2. The molecule has 5 heterocycles. The normalized spacial score (nSPS) is 14.1. The van der Waals surface area contributed by atoms with Crippen LogP contribution in [0.25, 0.3) is 77.2 Å². The van der Waals surface area contributed by atoms with Gasteiger partial charge >= 0.3 is 0 Å². The molecule has 252 valence electrons. The lowest BCUT2D eigenvalue weighted by Crippen LogP contribution is -2.81. The van der Waals surface area contributed by atoms with E-state index in [1.165, 1.54) is 49.4 Å². The fraction of sp³-hybridized carbons (Fsp3) is 0. The lowest BCUT2D eigenvalue weighted by molar-refractivity contribution is 0.103. The van der Waals surface area contributed by atoms with E-state index in [0.29, 0.717) is 11.1 Å². The Bertz CT molecular complexity index is 3190. The van der Waals surface area contributed by atoms with E-state index in [4.69, 9.17) is 0 Å². The van der Waals surface area contributed by atoms with Crippen LogP contribution in [-0.2, 0) is 0 Å². The SMILES string of the molecule is O=C1c2cc(-c3ccccc3)cc3c2B2c4c1c(-c1ccccc1)c1cccc5c1c4B1c4c-5cccc4-c4cccc5c(-c6ccccc6)c(c2c1c45)C3=O. The van der Waals surface area contributed by atoms with Crippen LogP contribution in [0.3, 0.4) is 0 Å². The van der Waals surface area contributed by atoms with Crippen LogP contribution in [0.4, 0.5) is 0 Å². The zero-order valence-corrected chi connectivity index (χ0v) is 30.0. The van der Waals surface area contributed by atoms with Crippen LogP contribution in [0.15, 0.2) is 158 Å². The fourth-order valence-electron chi connectivity index (χ4n) is 11.7. The third-order valence-corrected chi connectivity index (χ3v) is 13.6. The summed E-state index contributed by atoms with van der Waals surface area (Å²) in [6, 6.07) is 55.5. The van der Waals surface area contributed by atoms with E-state index in [9.17, 15) is 0 Å². The topological polar surface area (TPSA) is 34.1 Å². The van der Waals surface area contributed by atoms with Gasteiger partial charge in [-0.3, -0.25) is 9.59 Å². The molecule has 0 saturated carbocycles. The number of hydrogen-bond donors (Lipinski definition) is 0. The molecule has 0 unspecified atom stereocenters. The second kappa shape index (κ2) is 9.98. The summed E-state index contributed by atoms with van der Waals surface area (Å²) >= 11 is 0. The van der Waals surface area contributed by atoms with Crippen LogP contribution < -0.4 is 32.8 Å². The van der Waals surface area contributed by atoms with E-state index in [1.807, 2.05) is 30.3 Å². The van der Waals surface area contributed by atoms with E-state index in [1.54, 1.807) is 0 Å². The number of benzene rings is 9. The molecular weight excluding hydrogens is 678 g/mol. The van der Waals surface area contributed by atoms with E-state index in [0.717, 1.165) is 71.7 Å². The van der Waals surface area contributed by atoms with Crippen molar-refractivity contribution in [2.75, 3.05) is 0 Å². The summed E-state index contributed by atoms with van der Waals surface area (Å²) in [6.45, 7) is -0.394. The van der Waals surface area contributed by atoms with E-state index in [-0.39, 0.29) is 25.0 Å². The van der Waals surface area contributed by atoms with Crippen LogP contribution in [0.1, 0.15) is 31.8 Å². The first-order valence-electron chi connectivity index (χ1n) is 19.5. The van der Waals surface area contributed by atoms with Crippen molar-refractivity contribution in [2.24, 2.45) is 0 Å². The maximum atomic E-state index is 15.8. The minimum absolute atomic E-state index is 0.00652. The van der Waals surface area contributed by atoms with Gasteiger partial charge in [0.25, 0.3) is 0 Å². The van der Waals surface area contributed by atoms with Gasteiger partial charge in [-0.1, -0.05) is 173 Å². The van der Waals surface area contributed by atoms with Gasteiger partial charge in [0.15, 0.2) is 11.6 Å². The number of ketones is 2. The van der Waals surface area contributed by atoms with Gasteiger partial charge in [0.05, 0.1) is 0 Å². The van der Waals surface area contributed by atoms with Gasteiger partial charge in [-0.25, -0.2) is 0 Å². The highest BCUT2D eigenvalue weighted by molar-refractivity contribution is 7.16. The lowest BCUT2D eigenvalue weighted by atomic mass is 9.15. The van der Waals surface area contributed by atoms with Crippen molar-refractivity contribution >= 4 is 79.3 Å². The maximum absolute atomic E-state index is 15.8. The highest BCUT2D eigenvalue weighted by atomic mass is 16.1. The number of carbonyl (C=O) groups is 2. The molecule has 0 saturated heterocycles. The summed E-state index contributed by atoms with van der Waals surface area (Å²) in [6.07, 6.45) is 0. The largest absolute Gasteiger partial charge is 0.289 e. The van der Waals surface area contributed by atoms with Crippen LogP contribution in [0.5, 0.6) is 0 Å². The molecule has 0 aromatic heterocycles. The predicted molar refractivity (Wildman–Crippen MR) is 231 cm³/mol. The Labute approximate surface area is 323 Å². The van der Waals surface area contributed by atoms with Crippen LogP contribution in [0, 0.1) is 0 Å². The first-order valence-corrected chi connectivity index (χ1v) is 19.5. The Balaban J connectivity index is 1.28. The van der Waals surface area contributed by atoms with E-state index in [2.05, 4.69) is 127 Å². The molecule has 0 amide bonds. The van der Waals surface area contributed by atoms with Crippen LogP contribution >= 0.6 is 0 Å². The summed E-state index contributed by atoms with van der Waals surface area (Å²) < 4.78 is 0. The van der Waals surface area contributed by atoms with Gasteiger partial charge in [-0.2, -0.15) is 0 Å². The summed E-state index contributed by atoms with van der Waals surface area (Å²) in [7, 11) is 0. The molecule has 56 heavy (non-hydrogen) atoms. The number of rotatable bonds is 3. The van der Waals surface area contributed by atoms with E-state index >= 15 is 9.59 Å². The van der Waals surface area contributed by atoms with Gasteiger partial charge in [-0.05, 0) is 83.6 Å². The van der Waals surface area contributed by atoms with Gasteiger partial charge in [0, 0.05) is 33.4 Å². The molecule has 9 aromatic carbocycles. The molecule has 0 atom stereocenters. The smallest absolute Gasteiger partial charge is 0.243 e. The second-order valence-corrected chi connectivity index (χ2v) is 16.0. The van der Waals surface area contributed by atoms with Crippen molar-refractivity contribution < 1.29 is 9.59 Å². The molecule has 0 aliphatic carbocycles. The van der Waals surface area contributed by atoms with Gasteiger partial charge in [-0.15, -0.1) is 0 Å². The van der Waals surface area contributed by atoms with Crippen LogP contribution in [-0.4, -0.2) is 25.0 Å². The minimum atomic E-state index is -0.280. The Morgan fingerprint density at radius 3 is 1.16 bits per heavy atom. The molecule has 14 rings (SSSR count). The standard InChI is InChI=1S/C52H26B2O2/c55-51-37-25-30(27-13-4-1-5-14-27)26-38-46(37)54-49-43(51)39(28-15-6-2-7-16-28)35-23-10-19-31-33-21-12-22-34-32-20-11-24-36-40(29-17-8-3-9-18-29)44(52(38)56)50(54)48(42(32)36)53(45(33)34)47(49)41(31)35/h1-26H. The van der Waals surface area contributed by atoms with Crippen molar-refractivity contribution in [1.82, 2.24) is 0 Å². The second-order valence-electron chi connectivity index (χ2n) is 16.0. The van der Waals surface area contributed by atoms with Crippen LogP contribution in [0.2, 0.25) is 0 Å². The molecule has 9 aromatic rings. The van der Waals surface area contributed by atoms with E-state index < -0.39 is 0 Å². The summed E-state index contributed by atoms with van der Waals surface area (Å²) in [4.78, 5) is 31.6. The first-order chi connectivity index (χ1) is 27.7. The molecule has 0 N–H and O–H groups in total. The Morgan fingerprint density at radius 1 is 0.286 bits per heavy atom. The highest BCUT2D eigenvalue weighted by Gasteiger charge is 2.55. The maximum Gasteiger partial charge on any atom is 0.243 e. The zero-order valence-electron chi connectivity index (χ0n) is 30.0. The van der Waals surface area contributed by atoms with Gasteiger partial charge in [0.1, 0.15) is 0 Å². The third-order valence-electron chi connectivity index (χ3n) is 13.6. The number of fused-ring (bicyclic) bond motifs is 2. The quantitative estimate of drug-likeness (QED) is 0.180. The molecule has 0 fully saturated rings. The van der Waals surface area contributed by atoms with Crippen molar-refractivity contribution in [3.05, 3.63) is 180 Å². The molecule has 5 aliphatic heterocycles. The van der Waals surface area contributed by atoms with Crippen molar-refractivity contribution in [1.29, 1.82) is 0 Å². The van der Waals surface area contributed by atoms with Crippen molar-refractivity contribution in [3.8, 4) is 55.6 Å². The molecule has 0 bridgehead atoms. The highest BCUT2D eigenvalue weighted by Crippen LogP contribution is 2.46. The Hall–Kier alpha value is -7.03. The van der Waals surface area contributed by atoms with Gasteiger partial charge in [0.2, 0.25) is 13.4 Å². The third kappa shape index (κ3) is 3.24. The molecule has 0 spiro atoms. The minimum Gasteiger partial charge on any atom is -0.289 e. The molecule has 4 heteroatoms. The van der Waals surface area contributed by atoms with Crippen molar-refractivity contribution in [2.45, 2.75) is 0 Å². The molecular formula is C52H26B2O2. The summed E-state index contributed by atoms with van der Waals surface area (Å²) in [5.74, 6) is 0.0130. The van der Waals surface area contributed by atoms with Crippen molar-refractivity contribution in [3.63, 3.8) is 0 Å². The molecule has 0 radical (unpaired) electrons. The summed E-state index contributed by atoms with van der Waals surface area (Å²) in [5.41, 5.74) is 20.6. The molecule has 5 aliphatic rings. The Morgan fingerprint density at radius 2 is 0.679 bits per heavy atom. The fourth-order valence-corrected chi connectivity index (χ4v) is 11.7. The average molecular weight is 704 g/mol.